The van der Waals surface area contributed by atoms with Crippen molar-refractivity contribution in [3.63, 3.8) is 0 Å². The van der Waals surface area contributed by atoms with Crippen LogP contribution in [0, 0.1) is 0 Å². The van der Waals surface area contributed by atoms with Gasteiger partial charge in [0.15, 0.2) is 0 Å². The Morgan fingerprint density at radius 1 is 0.250 bits per heavy atom. The van der Waals surface area contributed by atoms with Crippen LogP contribution in [0.5, 0.6) is 0 Å². The third-order valence-electron chi connectivity index (χ3n) is 20.3. The number of para-hydroxylation sites is 4. The van der Waals surface area contributed by atoms with Crippen molar-refractivity contribution < 1.29 is 0 Å². The Balaban J connectivity index is 0.984. The molecule has 0 aliphatic carbocycles. The van der Waals surface area contributed by atoms with E-state index in [0.717, 1.165) is 73.9 Å². The molecule has 12 aromatic rings. The Morgan fingerprint density at radius 3 is 0.969 bits per heavy atom. The van der Waals surface area contributed by atoms with Crippen LogP contribution in [-0.4, -0.2) is 13.4 Å². The molecule has 0 N–H and O–H groups in total. The molecule has 4 aliphatic rings. The van der Waals surface area contributed by atoms with Crippen LogP contribution in [0.1, 0.15) is 105 Å². The number of fused-ring (bicyclic) bond motifs is 8. The van der Waals surface area contributed by atoms with E-state index in [1.54, 1.807) is 0 Å². The van der Waals surface area contributed by atoms with Crippen molar-refractivity contribution in [2.75, 3.05) is 24.5 Å². The Labute approximate surface area is 573 Å². The molecule has 16 rings (SSSR count). The second-order valence-electron chi connectivity index (χ2n) is 30.7. The summed E-state index contributed by atoms with van der Waals surface area (Å²) in [5.41, 5.74) is 29.8. The first kappa shape index (κ1) is 61.0. The molecule has 470 valence electrons. The van der Waals surface area contributed by atoms with E-state index in [1.165, 1.54) is 76.2 Å². The summed E-state index contributed by atoms with van der Waals surface area (Å²) in [4.78, 5) is 15.3. The van der Waals surface area contributed by atoms with Gasteiger partial charge in [0, 0.05) is 89.4 Å². The molecule has 96 heavy (non-hydrogen) atoms. The minimum atomic E-state index is -0.143. The fourth-order valence-corrected chi connectivity index (χ4v) is 16.5. The van der Waals surface area contributed by atoms with E-state index in [1.807, 2.05) is 11.8 Å². The van der Waals surface area contributed by atoms with Gasteiger partial charge in [0.25, 0.3) is 6.71 Å². The van der Waals surface area contributed by atoms with Gasteiger partial charge in [-0.3, -0.25) is 0 Å². The molecule has 4 aliphatic heterocycles. The fourth-order valence-electron chi connectivity index (χ4n) is 15.3. The summed E-state index contributed by atoms with van der Waals surface area (Å²) in [5, 5.41) is 0. The topological polar surface area (TPSA) is 16.2 Å². The molecule has 0 unspecified atom stereocenters. The van der Waals surface area contributed by atoms with Crippen LogP contribution < -0.4 is 57.3 Å². The minimum Gasteiger partial charge on any atom is -0.311 e. The van der Waals surface area contributed by atoms with E-state index in [0.29, 0.717) is 0 Å². The van der Waals surface area contributed by atoms with Gasteiger partial charge in [-0.25, -0.2) is 0 Å². The molecule has 0 bridgehead atoms. The van der Waals surface area contributed by atoms with E-state index in [9.17, 15) is 0 Å². The highest BCUT2D eigenvalue weighted by molar-refractivity contribution is 8.00. The summed E-state index contributed by atoms with van der Waals surface area (Å²) in [6, 6.07) is 104. The number of hydrogen-bond acceptors (Lipinski definition) is 6. The summed E-state index contributed by atoms with van der Waals surface area (Å²) < 4.78 is 0. The second kappa shape index (κ2) is 22.9. The fraction of sp³-hybridized carbons (Fsp3) is 0.182. The van der Waals surface area contributed by atoms with E-state index in [-0.39, 0.29) is 35.1 Å². The lowest BCUT2D eigenvalue weighted by Gasteiger charge is -2.47. The van der Waals surface area contributed by atoms with E-state index in [4.69, 9.17) is 0 Å². The normalized spacial score (nSPS) is 13.7. The molecule has 0 fully saturated rings. The summed E-state index contributed by atoms with van der Waals surface area (Å²) in [5.74, 6) is 0. The van der Waals surface area contributed by atoms with Crippen LogP contribution in [0.2, 0.25) is 0 Å². The average Bonchev–Trinajstić information content (AvgIpc) is 0.687. The monoisotopic (exact) mass is 1260 g/mol. The number of benzene rings is 12. The van der Waals surface area contributed by atoms with Crippen molar-refractivity contribution in [1.82, 2.24) is 0 Å². The summed E-state index contributed by atoms with van der Waals surface area (Å²) in [6.07, 6.45) is 0. The number of rotatable bonds is 9. The maximum atomic E-state index is 2.65. The van der Waals surface area contributed by atoms with Crippen LogP contribution in [0.3, 0.4) is 0 Å². The molecule has 4 heterocycles. The maximum Gasteiger partial charge on any atom is 0.252 e. The molecule has 0 atom stereocenters. The largest absolute Gasteiger partial charge is 0.311 e. The van der Waals surface area contributed by atoms with Crippen molar-refractivity contribution in [2.24, 2.45) is 0 Å². The molecule has 12 aromatic carbocycles. The van der Waals surface area contributed by atoms with Gasteiger partial charge in [0.2, 0.25) is 6.71 Å². The van der Waals surface area contributed by atoms with Crippen LogP contribution in [-0.2, 0) is 21.7 Å². The first-order valence-corrected chi connectivity index (χ1v) is 34.9. The molecule has 0 radical (unpaired) electrons. The van der Waals surface area contributed by atoms with Crippen molar-refractivity contribution in [3.05, 3.63) is 295 Å². The van der Waals surface area contributed by atoms with Gasteiger partial charge in [-0.15, -0.1) is 0 Å². The number of hydrogen-bond donors (Lipinski definition) is 0. The third kappa shape index (κ3) is 10.4. The standard InChI is InChI=1S/C88H81B2N5S/c1-85(2,3)58-36-44-65(45-37-58)91(66-46-38-59(39-47-66)86(4,5)6)69-52-78-83-79(53-69)94(63-28-18-14-19-29-63)76-57-77-74(56-73(76)89(83)71-32-22-24-34-75(71)93(78)62-26-16-13-17-27-62)90-72-33-23-25-35-81(72)96-82-55-70(54-80(84(82)90)95(77)64-30-20-15-21-31-64)92(67-48-40-60(41-49-67)87(7,8)9)68-50-42-61(43-51-68)88(10,11)12/h13-57H,1-12H3. The quantitative estimate of drug-likeness (QED) is 0.133. The summed E-state index contributed by atoms with van der Waals surface area (Å²) >= 11 is 1.91. The SMILES string of the molecule is CC(C)(C)c1ccc(N(c2ccc(C(C)(C)C)cc2)c2cc3c4c(c2)N(c2ccccc2)c2cc5c(cc2B4c2ccccc2S3)B2c3ccccc3N(c3ccccc3)c3cc(N(c4ccc(C(C)(C)C)cc4)c4ccc(C(C)(C)C)cc4)cc(c32)N5c2ccccc2)cc1. The van der Waals surface area contributed by atoms with Crippen molar-refractivity contribution >= 4 is 143 Å². The van der Waals surface area contributed by atoms with Crippen LogP contribution in [0.25, 0.3) is 0 Å². The van der Waals surface area contributed by atoms with Crippen molar-refractivity contribution in [1.29, 1.82) is 0 Å². The van der Waals surface area contributed by atoms with E-state index < -0.39 is 0 Å². The molecule has 5 nitrogen and oxygen atoms in total. The molecular formula is C88H81B2N5S. The summed E-state index contributed by atoms with van der Waals surface area (Å²) in [7, 11) is 0. The van der Waals surface area contributed by atoms with Gasteiger partial charge in [-0.1, -0.05) is 246 Å². The lowest BCUT2D eigenvalue weighted by molar-refractivity contribution is 0.590. The lowest BCUT2D eigenvalue weighted by Crippen LogP contribution is -2.64. The van der Waals surface area contributed by atoms with Crippen LogP contribution in [0.4, 0.5) is 85.3 Å². The zero-order valence-electron chi connectivity index (χ0n) is 57.3. The molecule has 8 heteroatoms. The Kier molecular flexibility index (Phi) is 14.6. The Morgan fingerprint density at radius 2 is 0.573 bits per heavy atom. The highest BCUT2D eigenvalue weighted by Crippen LogP contribution is 2.52. The lowest BCUT2D eigenvalue weighted by atomic mass is 9.30. The summed E-state index contributed by atoms with van der Waals surface area (Å²) in [6.45, 7) is 27.4. The van der Waals surface area contributed by atoms with E-state index >= 15 is 0 Å². The third-order valence-corrected chi connectivity index (χ3v) is 21.4. The van der Waals surface area contributed by atoms with Gasteiger partial charge >= 0.3 is 0 Å². The maximum absolute atomic E-state index is 2.65. The Hall–Kier alpha value is -9.88. The van der Waals surface area contributed by atoms with Gasteiger partial charge in [-0.2, -0.15) is 0 Å². The zero-order chi connectivity index (χ0) is 66.2. The Bertz CT molecular complexity index is 4830. The molecule has 0 amide bonds. The zero-order valence-corrected chi connectivity index (χ0v) is 58.1. The molecule has 0 aromatic heterocycles. The highest BCUT2D eigenvalue weighted by Gasteiger charge is 2.48. The minimum absolute atomic E-state index is 0.000659. The van der Waals surface area contributed by atoms with Gasteiger partial charge in [-0.05, 0) is 199 Å². The smallest absolute Gasteiger partial charge is 0.252 e. The van der Waals surface area contributed by atoms with Crippen LogP contribution >= 0.6 is 11.8 Å². The van der Waals surface area contributed by atoms with E-state index in [2.05, 4.69) is 381 Å². The molecule has 0 saturated carbocycles. The van der Waals surface area contributed by atoms with Gasteiger partial charge in [0.05, 0.1) is 5.69 Å². The van der Waals surface area contributed by atoms with Gasteiger partial charge in [0.1, 0.15) is 0 Å². The molecule has 0 saturated heterocycles. The first-order chi connectivity index (χ1) is 46.2. The van der Waals surface area contributed by atoms with Crippen LogP contribution in [0.15, 0.2) is 283 Å². The number of nitrogens with zero attached hydrogens (tertiary/aromatic N) is 5. The number of anilines is 15. The first-order valence-electron chi connectivity index (χ1n) is 34.1. The van der Waals surface area contributed by atoms with Crippen molar-refractivity contribution in [3.8, 4) is 0 Å². The highest BCUT2D eigenvalue weighted by atomic mass is 32.2. The van der Waals surface area contributed by atoms with Gasteiger partial charge < -0.3 is 24.5 Å². The second-order valence-corrected chi connectivity index (χ2v) is 31.8. The average molecular weight is 1260 g/mol. The van der Waals surface area contributed by atoms with Crippen molar-refractivity contribution in [2.45, 2.75) is 115 Å². The predicted molar refractivity (Wildman–Crippen MR) is 415 cm³/mol. The molecule has 0 spiro atoms. The predicted octanol–water partition coefficient (Wildman–Crippen LogP) is 20.7. The molecular weight excluding hydrogens is 1180 g/mol.